The Kier molecular flexibility index (Phi) is 4.57. The van der Waals surface area contributed by atoms with E-state index in [4.69, 9.17) is 0 Å². The third-order valence-electron chi connectivity index (χ3n) is 3.26. The van der Waals surface area contributed by atoms with Crippen molar-refractivity contribution in [2.75, 3.05) is 0 Å². The normalized spacial score (nSPS) is 18.6. The van der Waals surface area contributed by atoms with E-state index in [1.54, 1.807) is 0 Å². The van der Waals surface area contributed by atoms with Gasteiger partial charge in [0, 0.05) is 43.6 Å². The minimum absolute atomic E-state index is 0. The summed E-state index contributed by atoms with van der Waals surface area (Å²) >= 11 is 0. The number of aromatic nitrogens is 1. The Morgan fingerprint density at radius 1 is 1.39 bits per heavy atom. The maximum absolute atomic E-state index is 12.0. The van der Waals surface area contributed by atoms with Gasteiger partial charge in [0.25, 0.3) is 5.91 Å². The molecule has 0 unspecified atom stereocenters. The first-order chi connectivity index (χ1) is 8.33. The molecule has 18 heavy (non-hydrogen) atoms. The second-order valence-electron chi connectivity index (χ2n) is 4.52. The van der Waals surface area contributed by atoms with Gasteiger partial charge in [0.2, 0.25) is 0 Å². The molecule has 2 N–H and O–H groups in total. The Hall–Kier alpha value is -0.666. The standard InChI is InChI=1S/C14H15N2O.Y/c17-14(15-11-6-2-3-7-11)13-9-10-5-1-4-8-12(10)16-13;/h1,4-6,8-9,11,16H,2-3,7H2,(H,15,17);/q-1;/t11-;/m0./s1. The molecule has 3 nitrogen and oxygen atoms in total. The molecule has 1 aliphatic carbocycles. The van der Waals surface area contributed by atoms with Crippen LogP contribution in [0.1, 0.15) is 29.8 Å². The van der Waals surface area contributed by atoms with Crippen LogP contribution in [0.3, 0.4) is 0 Å². The Labute approximate surface area is 132 Å². The third-order valence-corrected chi connectivity index (χ3v) is 3.26. The first-order valence-corrected chi connectivity index (χ1v) is 6.05. The zero-order chi connectivity index (χ0) is 11.7. The van der Waals surface area contributed by atoms with E-state index in [2.05, 4.69) is 16.7 Å². The zero-order valence-electron chi connectivity index (χ0n) is 10.1. The van der Waals surface area contributed by atoms with E-state index < -0.39 is 0 Å². The van der Waals surface area contributed by atoms with Crippen LogP contribution in [0, 0.1) is 6.42 Å². The van der Waals surface area contributed by atoms with Crippen molar-refractivity contribution in [2.24, 2.45) is 0 Å². The number of fused-ring (bicyclic) bond motifs is 1. The van der Waals surface area contributed by atoms with Crippen LogP contribution in [0.15, 0.2) is 30.3 Å². The summed E-state index contributed by atoms with van der Waals surface area (Å²) in [5.41, 5.74) is 1.65. The van der Waals surface area contributed by atoms with Crippen LogP contribution in [0.4, 0.5) is 0 Å². The van der Waals surface area contributed by atoms with Gasteiger partial charge in [-0.15, -0.1) is 0 Å². The Morgan fingerprint density at radius 3 is 2.94 bits per heavy atom. The van der Waals surface area contributed by atoms with Gasteiger partial charge in [-0.1, -0.05) is 37.1 Å². The molecule has 2 aromatic rings. The smallest absolute Gasteiger partial charge is 0.265 e. The van der Waals surface area contributed by atoms with Crippen LogP contribution in [0.25, 0.3) is 10.9 Å². The molecule has 0 saturated heterocycles. The first kappa shape index (κ1) is 13.8. The second kappa shape index (κ2) is 5.98. The number of rotatable bonds is 2. The molecule has 1 heterocycles. The average Bonchev–Trinajstić information content (AvgIpc) is 2.96. The van der Waals surface area contributed by atoms with E-state index in [1.165, 1.54) is 6.42 Å². The molecule has 4 heteroatoms. The number of H-pyrrole nitrogens is 1. The Bertz CT molecular complexity index is 510. The van der Waals surface area contributed by atoms with Crippen LogP contribution in [0.2, 0.25) is 0 Å². The van der Waals surface area contributed by atoms with Gasteiger partial charge in [-0.25, -0.2) is 0 Å². The maximum Gasteiger partial charge on any atom is 0.265 e. The summed E-state index contributed by atoms with van der Waals surface area (Å²) in [6.45, 7) is 0. The minimum Gasteiger partial charge on any atom is -0.378 e. The van der Waals surface area contributed by atoms with E-state index in [0.29, 0.717) is 5.69 Å². The molecular formula is C14H15N2OY-. The molecule has 1 atom stereocenters. The van der Waals surface area contributed by atoms with Crippen LogP contribution in [0.5, 0.6) is 0 Å². The molecule has 3 rings (SSSR count). The first-order valence-electron chi connectivity index (χ1n) is 6.05. The van der Waals surface area contributed by atoms with Crippen molar-refractivity contribution in [1.82, 2.24) is 10.3 Å². The molecule has 1 amide bonds. The van der Waals surface area contributed by atoms with Gasteiger partial charge in [0.1, 0.15) is 5.69 Å². The topological polar surface area (TPSA) is 44.9 Å². The van der Waals surface area contributed by atoms with Crippen molar-refractivity contribution in [2.45, 2.75) is 25.3 Å². The number of para-hydroxylation sites is 1. The molecule has 0 aliphatic heterocycles. The fourth-order valence-electron chi connectivity index (χ4n) is 2.35. The van der Waals surface area contributed by atoms with Crippen LogP contribution < -0.4 is 5.32 Å². The number of aromatic amines is 1. The molecule has 1 fully saturated rings. The molecule has 0 spiro atoms. The summed E-state index contributed by atoms with van der Waals surface area (Å²) in [5, 5.41) is 4.11. The Balaban J connectivity index is 0.00000120. The van der Waals surface area contributed by atoms with E-state index >= 15 is 0 Å². The van der Waals surface area contributed by atoms with Gasteiger partial charge in [-0.05, 0) is 12.1 Å². The van der Waals surface area contributed by atoms with Crippen molar-refractivity contribution in [3.05, 3.63) is 42.4 Å². The maximum atomic E-state index is 12.0. The molecule has 1 aromatic heterocycles. The summed E-state index contributed by atoms with van der Waals surface area (Å²) in [4.78, 5) is 15.2. The Morgan fingerprint density at radius 2 is 2.22 bits per heavy atom. The van der Waals surface area contributed by atoms with Crippen LogP contribution in [-0.2, 0) is 32.7 Å². The SMILES string of the molecule is O=C(N[C@H]1[CH-]CCC1)c1cc2ccccc2[nH]1.[Y]. The van der Waals surface area contributed by atoms with Gasteiger partial charge in [-0.2, -0.15) is 6.42 Å². The zero-order valence-corrected chi connectivity index (χ0v) is 13.0. The van der Waals surface area contributed by atoms with Gasteiger partial charge in [0.15, 0.2) is 0 Å². The molecule has 91 valence electrons. The van der Waals surface area contributed by atoms with E-state index in [-0.39, 0.29) is 44.7 Å². The molecule has 1 radical (unpaired) electrons. The fourth-order valence-corrected chi connectivity index (χ4v) is 2.35. The number of benzene rings is 1. The minimum atomic E-state index is -0.00986. The van der Waals surface area contributed by atoms with E-state index in [0.717, 1.165) is 23.7 Å². The number of carbonyl (C=O) groups excluding carboxylic acids is 1. The number of carbonyl (C=O) groups is 1. The largest absolute Gasteiger partial charge is 0.378 e. The quantitative estimate of drug-likeness (QED) is 0.822. The van der Waals surface area contributed by atoms with Crippen molar-refractivity contribution in [3.63, 3.8) is 0 Å². The molecule has 1 aliphatic rings. The van der Waals surface area contributed by atoms with Crippen molar-refractivity contribution >= 4 is 16.8 Å². The number of nitrogens with one attached hydrogen (secondary N) is 2. The molecule has 1 aromatic carbocycles. The van der Waals surface area contributed by atoms with Gasteiger partial charge in [0.05, 0.1) is 0 Å². The van der Waals surface area contributed by atoms with Crippen LogP contribution in [-0.4, -0.2) is 16.9 Å². The fraction of sp³-hybridized carbons (Fsp3) is 0.286. The summed E-state index contributed by atoms with van der Waals surface area (Å²) in [6.07, 6.45) is 5.53. The average molecular weight is 316 g/mol. The van der Waals surface area contributed by atoms with Crippen molar-refractivity contribution in [1.29, 1.82) is 0 Å². The second-order valence-corrected chi connectivity index (χ2v) is 4.52. The van der Waals surface area contributed by atoms with Gasteiger partial charge in [-0.3, -0.25) is 4.79 Å². The van der Waals surface area contributed by atoms with Crippen LogP contribution >= 0.6 is 0 Å². The summed E-state index contributed by atoms with van der Waals surface area (Å²) < 4.78 is 0. The number of hydrogen-bond donors (Lipinski definition) is 2. The van der Waals surface area contributed by atoms with Crippen molar-refractivity contribution in [3.8, 4) is 0 Å². The van der Waals surface area contributed by atoms with E-state index in [1.807, 2.05) is 30.3 Å². The van der Waals surface area contributed by atoms with Gasteiger partial charge < -0.3 is 16.7 Å². The number of amides is 1. The molecule has 0 bridgehead atoms. The van der Waals surface area contributed by atoms with E-state index in [9.17, 15) is 4.79 Å². The van der Waals surface area contributed by atoms with Crippen molar-refractivity contribution < 1.29 is 37.5 Å². The predicted molar refractivity (Wildman–Crippen MR) is 67.7 cm³/mol. The molecular weight excluding hydrogens is 301 g/mol. The summed E-state index contributed by atoms with van der Waals surface area (Å²) in [5.74, 6) is -0.00986. The summed E-state index contributed by atoms with van der Waals surface area (Å²) in [7, 11) is 0. The number of hydrogen-bond acceptors (Lipinski definition) is 1. The monoisotopic (exact) mass is 316 g/mol. The molecule has 1 saturated carbocycles. The summed E-state index contributed by atoms with van der Waals surface area (Å²) in [6, 6.07) is 10.1. The predicted octanol–water partition coefficient (Wildman–Crippen LogP) is 2.65. The van der Waals surface area contributed by atoms with Gasteiger partial charge >= 0.3 is 0 Å². The third kappa shape index (κ3) is 2.84.